The minimum absolute atomic E-state index is 0.00583. The van der Waals surface area contributed by atoms with E-state index in [1.165, 1.54) is 17.2 Å². The van der Waals surface area contributed by atoms with Gasteiger partial charge in [0.1, 0.15) is 36.4 Å². The predicted octanol–water partition coefficient (Wildman–Crippen LogP) is 1.77. The molecule has 2 fully saturated rings. The number of aromatic nitrogens is 3. The van der Waals surface area contributed by atoms with E-state index in [-0.39, 0.29) is 17.9 Å². The molecular weight excluding hydrogens is 521 g/mol. The number of nitrogens with zero attached hydrogens (tertiary/aromatic N) is 5. The molecule has 0 bridgehead atoms. The molecule has 3 aromatic rings. The first-order valence-corrected chi connectivity index (χ1v) is 11.9. The summed E-state index contributed by atoms with van der Waals surface area (Å²) in [6.07, 6.45) is -2.71. The number of hydrogen-bond donors (Lipinski definition) is 2. The fourth-order valence-corrected chi connectivity index (χ4v) is 4.44. The Morgan fingerprint density at radius 1 is 1.18 bits per heavy atom. The van der Waals surface area contributed by atoms with Crippen LogP contribution in [0.25, 0.3) is 11.3 Å². The van der Waals surface area contributed by atoms with Gasteiger partial charge in [-0.2, -0.15) is 5.10 Å². The van der Waals surface area contributed by atoms with Crippen LogP contribution in [0.2, 0.25) is 0 Å². The quantitative estimate of drug-likeness (QED) is 0.208. The summed E-state index contributed by atoms with van der Waals surface area (Å²) in [5, 5.41) is 23.1. The van der Waals surface area contributed by atoms with Crippen LogP contribution in [0, 0.1) is 17.5 Å². The van der Waals surface area contributed by atoms with Gasteiger partial charge in [0.05, 0.1) is 12.8 Å². The molecule has 2 aliphatic rings. The first-order valence-electron chi connectivity index (χ1n) is 11.9. The highest BCUT2D eigenvalue weighted by Crippen LogP contribution is 2.39. The number of aliphatic hydroxyl groups is 1. The highest BCUT2D eigenvalue weighted by Gasteiger charge is 2.53. The van der Waals surface area contributed by atoms with E-state index >= 15 is 0 Å². The van der Waals surface area contributed by atoms with Crippen molar-refractivity contribution in [1.29, 1.82) is 0 Å². The average Bonchev–Trinajstić information content (AvgIpc) is 3.41. The van der Waals surface area contributed by atoms with Gasteiger partial charge in [-0.25, -0.2) is 23.3 Å². The van der Waals surface area contributed by atoms with E-state index in [1.54, 1.807) is 19.0 Å². The molecule has 0 unspecified atom stereocenters. The van der Waals surface area contributed by atoms with Gasteiger partial charge in [-0.3, -0.25) is 4.79 Å². The van der Waals surface area contributed by atoms with Gasteiger partial charge in [-0.15, -0.1) is 5.10 Å². The van der Waals surface area contributed by atoms with Crippen LogP contribution in [0.4, 0.5) is 13.2 Å². The van der Waals surface area contributed by atoms with Gasteiger partial charge in [0, 0.05) is 25.2 Å². The highest BCUT2D eigenvalue weighted by atomic mass is 19.2. The summed E-state index contributed by atoms with van der Waals surface area (Å²) in [7, 11) is 3.42. The number of ether oxygens (including phenoxy) is 3. The summed E-state index contributed by atoms with van der Waals surface area (Å²) >= 11 is 0. The fourth-order valence-electron chi connectivity index (χ4n) is 4.44. The molecule has 0 aliphatic carbocycles. The van der Waals surface area contributed by atoms with Crippen LogP contribution in [0.3, 0.4) is 0 Å². The molecule has 0 spiro atoms. The van der Waals surface area contributed by atoms with Crippen LogP contribution in [-0.4, -0.2) is 82.4 Å². The summed E-state index contributed by atoms with van der Waals surface area (Å²) in [6, 6.07) is 9.62. The zero-order valence-electron chi connectivity index (χ0n) is 20.8. The molecule has 1 aromatic heterocycles. The standard InChI is InChI=1S/C25H25F3N6O5/c1-33(2)12-29-31-24(36)23-21(35)20(22-18(38-23)11-37-25(39-22)13-6-4-3-5-7-13)34-10-17(30-32-34)14-8-15(26)19(28)16(27)9-14/h3-10,12,18,20-23,25,35H,11H2,1-2H3,(H,31,36)/b29-12+/t18-,20-,21-,22+,23-,25+/m1/s1. The topological polar surface area (TPSA) is 123 Å². The van der Waals surface area contributed by atoms with Crippen LogP contribution in [-0.2, 0) is 19.0 Å². The van der Waals surface area contributed by atoms with E-state index < -0.39 is 60.1 Å². The summed E-state index contributed by atoms with van der Waals surface area (Å²) in [4.78, 5) is 14.5. The lowest BCUT2D eigenvalue weighted by Gasteiger charge is -2.47. The number of halogens is 3. The lowest BCUT2D eigenvalue weighted by molar-refractivity contribution is -0.312. The molecule has 39 heavy (non-hydrogen) atoms. The molecular formula is C25H25F3N6O5. The number of aliphatic hydroxyl groups excluding tert-OH is 1. The molecule has 0 saturated carbocycles. The van der Waals surface area contributed by atoms with Crippen molar-refractivity contribution in [3.05, 3.63) is 71.7 Å². The van der Waals surface area contributed by atoms with Gasteiger partial charge < -0.3 is 24.2 Å². The molecule has 11 nitrogen and oxygen atoms in total. The van der Waals surface area contributed by atoms with Crippen LogP contribution in [0.1, 0.15) is 17.9 Å². The smallest absolute Gasteiger partial charge is 0.272 e. The van der Waals surface area contributed by atoms with Crippen molar-refractivity contribution in [2.24, 2.45) is 5.10 Å². The Morgan fingerprint density at radius 2 is 1.90 bits per heavy atom. The van der Waals surface area contributed by atoms with Crippen LogP contribution in [0.5, 0.6) is 0 Å². The van der Waals surface area contributed by atoms with Crippen LogP contribution < -0.4 is 5.43 Å². The number of hydrogen-bond acceptors (Lipinski definition) is 8. The zero-order valence-corrected chi connectivity index (χ0v) is 20.8. The van der Waals surface area contributed by atoms with Crippen molar-refractivity contribution in [1.82, 2.24) is 25.3 Å². The van der Waals surface area contributed by atoms with Crippen molar-refractivity contribution in [2.75, 3.05) is 20.7 Å². The third kappa shape index (κ3) is 5.49. The second kappa shape index (κ2) is 11.1. The van der Waals surface area contributed by atoms with Crippen molar-refractivity contribution >= 4 is 12.2 Å². The van der Waals surface area contributed by atoms with Crippen LogP contribution >= 0.6 is 0 Å². The summed E-state index contributed by atoms with van der Waals surface area (Å²) in [5.74, 6) is -5.11. The Balaban J connectivity index is 1.47. The Morgan fingerprint density at radius 3 is 2.59 bits per heavy atom. The molecule has 2 N–H and O–H groups in total. The number of amides is 1. The number of rotatable bonds is 6. The largest absolute Gasteiger partial charge is 0.387 e. The van der Waals surface area contributed by atoms with Gasteiger partial charge in [0.25, 0.3) is 5.91 Å². The third-order valence-electron chi connectivity index (χ3n) is 6.27. The van der Waals surface area contributed by atoms with E-state index in [0.717, 1.165) is 17.7 Å². The number of hydrazone groups is 1. The Kier molecular flexibility index (Phi) is 7.61. The molecule has 2 aromatic carbocycles. The zero-order chi connectivity index (χ0) is 27.7. The van der Waals surface area contributed by atoms with Crippen LogP contribution in [0.15, 0.2) is 53.8 Å². The maximum atomic E-state index is 13.8. The number of fused-ring (bicyclic) bond motifs is 1. The SMILES string of the molecule is CN(C)/C=N/NC(=O)[C@@H]1O[C@@H]2CO[C@H](c3ccccc3)O[C@@H]2[C@H](n2cc(-c3cc(F)c(F)c(F)c3)nn2)[C@H]1O. The minimum atomic E-state index is -1.61. The van der Waals surface area contributed by atoms with E-state index in [9.17, 15) is 23.1 Å². The first-order chi connectivity index (χ1) is 18.7. The molecule has 2 aliphatic heterocycles. The van der Waals surface area contributed by atoms with E-state index in [0.29, 0.717) is 0 Å². The van der Waals surface area contributed by atoms with E-state index in [2.05, 4.69) is 20.8 Å². The molecule has 1 amide bonds. The van der Waals surface area contributed by atoms with Crippen molar-refractivity contribution < 1.29 is 37.3 Å². The molecule has 0 radical (unpaired) electrons. The normalized spacial score (nSPS) is 26.8. The Labute approximate surface area is 220 Å². The number of carbonyl (C=O) groups is 1. The average molecular weight is 547 g/mol. The fraction of sp³-hybridized carbons (Fsp3) is 0.360. The van der Waals surface area contributed by atoms with Gasteiger partial charge >= 0.3 is 0 Å². The lowest BCUT2D eigenvalue weighted by Crippen LogP contribution is -2.62. The monoisotopic (exact) mass is 546 g/mol. The predicted molar refractivity (Wildman–Crippen MR) is 129 cm³/mol. The minimum Gasteiger partial charge on any atom is -0.387 e. The summed E-state index contributed by atoms with van der Waals surface area (Å²) in [6.45, 7) is 0.0220. The van der Waals surface area contributed by atoms with Gasteiger partial charge in [-0.05, 0) is 12.1 Å². The summed E-state index contributed by atoms with van der Waals surface area (Å²) < 4.78 is 60.3. The van der Waals surface area contributed by atoms with Crippen molar-refractivity contribution in [3.63, 3.8) is 0 Å². The van der Waals surface area contributed by atoms with Crippen molar-refractivity contribution in [3.8, 4) is 11.3 Å². The van der Waals surface area contributed by atoms with E-state index in [1.807, 2.05) is 30.3 Å². The number of benzene rings is 2. The highest BCUT2D eigenvalue weighted by molar-refractivity contribution is 5.82. The number of nitrogens with one attached hydrogen (secondary N) is 1. The van der Waals surface area contributed by atoms with Crippen molar-refractivity contribution in [2.45, 2.75) is 36.7 Å². The van der Waals surface area contributed by atoms with Gasteiger partial charge in [0.2, 0.25) is 0 Å². The molecule has 3 heterocycles. The first kappa shape index (κ1) is 26.7. The Hall–Kier alpha value is -3.85. The second-order valence-corrected chi connectivity index (χ2v) is 9.27. The molecule has 6 atom stereocenters. The lowest BCUT2D eigenvalue weighted by atomic mass is 9.91. The van der Waals surface area contributed by atoms with Gasteiger partial charge in [-0.1, -0.05) is 35.5 Å². The third-order valence-corrected chi connectivity index (χ3v) is 6.27. The maximum absolute atomic E-state index is 13.8. The maximum Gasteiger partial charge on any atom is 0.272 e. The second-order valence-electron chi connectivity index (χ2n) is 9.27. The van der Waals surface area contributed by atoms with Gasteiger partial charge in [0.15, 0.2) is 29.8 Å². The van der Waals surface area contributed by atoms with E-state index in [4.69, 9.17) is 14.2 Å². The molecule has 14 heteroatoms. The molecule has 206 valence electrons. The Bertz CT molecular complexity index is 1330. The number of carbonyl (C=O) groups excluding carboxylic acids is 1. The molecule has 5 rings (SSSR count). The summed E-state index contributed by atoms with van der Waals surface area (Å²) in [5.41, 5.74) is 2.98. The molecule has 2 saturated heterocycles.